The number of aryl methyl sites for hydroxylation is 1. The van der Waals surface area contributed by atoms with E-state index in [4.69, 9.17) is 4.74 Å². The number of halogens is 4. The summed E-state index contributed by atoms with van der Waals surface area (Å²) in [6.45, 7) is 2.82. The zero-order valence-corrected chi connectivity index (χ0v) is 20.7. The Balaban J connectivity index is 1.27. The largest absolute Gasteiger partial charge is 0.439 e. The molecule has 0 aliphatic carbocycles. The number of rotatable bonds is 5. The molecule has 2 amide bonds. The minimum Gasteiger partial charge on any atom is -0.439 e. The number of nitrogens with one attached hydrogen (secondary N) is 2. The number of hydrogen-bond acceptors (Lipinski definition) is 5. The van der Waals surface area contributed by atoms with Gasteiger partial charge >= 0.3 is 6.18 Å². The maximum atomic E-state index is 14.1. The molecule has 2 aromatic heterocycles. The van der Waals surface area contributed by atoms with Gasteiger partial charge < -0.3 is 24.8 Å². The number of pyridine rings is 1. The van der Waals surface area contributed by atoms with Crippen molar-refractivity contribution < 1.29 is 31.9 Å². The van der Waals surface area contributed by atoms with E-state index in [2.05, 4.69) is 15.6 Å². The molecular formula is C27H23F4N5O3. The summed E-state index contributed by atoms with van der Waals surface area (Å²) in [4.78, 5) is 31.3. The van der Waals surface area contributed by atoms with Gasteiger partial charge in [0.2, 0.25) is 5.88 Å². The molecule has 1 saturated heterocycles. The van der Waals surface area contributed by atoms with Crippen molar-refractivity contribution in [3.8, 4) is 11.6 Å². The van der Waals surface area contributed by atoms with Crippen LogP contribution in [0.4, 0.5) is 23.2 Å². The average molecular weight is 542 g/mol. The molecule has 0 saturated carbocycles. The molecule has 4 aromatic rings. The van der Waals surface area contributed by atoms with Crippen LogP contribution in [-0.2, 0) is 13.2 Å². The summed E-state index contributed by atoms with van der Waals surface area (Å²) < 4.78 is 60.0. The first-order valence-corrected chi connectivity index (χ1v) is 12.0. The molecule has 1 fully saturated rings. The SMILES string of the molecule is Cn1c(C(=O)N2CCNCC2)cc2ccc(Oc3ccc(NC(=O)c4ccc(C(F)(F)F)cc4F)cn3)cc21. The lowest BCUT2D eigenvalue weighted by Gasteiger charge is -2.27. The van der Waals surface area contributed by atoms with Gasteiger partial charge in [0.1, 0.15) is 17.3 Å². The van der Waals surface area contributed by atoms with Crippen LogP contribution in [0.1, 0.15) is 26.4 Å². The highest BCUT2D eigenvalue weighted by molar-refractivity contribution is 6.04. The maximum Gasteiger partial charge on any atom is 0.416 e. The zero-order chi connectivity index (χ0) is 27.7. The molecule has 1 aliphatic rings. The minimum absolute atomic E-state index is 0.0341. The number of carbonyl (C=O) groups excluding carboxylic acids is 2. The molecule has 8 nitrogen and oxygen atoms in total. The lowest BCUT2D eigenvalue weighted by Crippen LogP contribution is -2.46. The molecule has 0 unspecified atom stereocenters. The Morgan fingerprint density at radius 1 is 1.03 bits per heavy atom. The van der Waals surface area contributed by atoms with Crippen LogP contribution in [0.2, 0.25) is 0 Å². The maximum absolute atomic E-state index is 14.1. The van der Waals surface area contributed by atoms with Crippen LogP contribution >= 0.6 is 0 Å². The number of benzene rings is 2. The fourth-order valence-electron chi connectivity index (χ4n) is 4.32. The standard InChI is InChI=1S/C27H23F4N5O3/c1-35-22-14-19(5-2-16(22)12-23(35)26(38)36-10-8-32-9-11-36)39-24-7-4-18(15-33-24)34-25(37)20-6-3-17(13-21(20)28)27(29,30)31/h2-7,12-15,32H,8-11H2,1H3,(H,34,37). The van der Waals surface area contributed by atoms with E-state index in [0.29, 0.717) is 30.6 Å². The first-order valence-electron chi connectivity index (χ1n) is 12.0. The van der Waals surface area contributed by atoms with Crippen molar-refractivity contribution in [3.05, 3.63) is 83.4 Å². The predicted molar refractivity (Wildman–Crippen MR) is 135 cm³/mol. The van der Waals surface area contributed by atoms with Crippen molar-refractivity contribution in [2.24, 2.45) is 7.05 Å². The molecule has 1 aliphatic heterocycles. The van der Waals surface area contributed by atoms with Gasteiger partial charge in [-0.25, -0.2) is 9.37 Å². The number of carbonyl (C=O) groups is 2. The number of alkyl halides is 3. The van der Waals surface area contributed by atoms with E-state index in [0.717, 1.165) is 30.1 Å². The summed E-state index contributed by atoms with van der Waals surface area (Å²) in [6, 6.07) is 11.9. The molecule has 0 radical (unpaired) electrons. The third-order valence-electron chi connectivity index (χ3n) is 6.40. The Bertz CT molecular complexity index is 1540. The third kappa shape index (κ3) is 5.55. The highest BCUT2D eigenvalue weighted by atomic mass is 19.4. The van der Waals surface area contributed by atoms with Crippen molar-refractivity contribution in [1.29, 1.82) is 0 Å². The van der Waals surface area contributed by atoms with Crippen molar-refractivity contribution in [3.63, 3.8) is 0 Å². The predicted octanol–water partition coefficient (Wildman–Crippen LogP) is 4.82. The van der Waals surface area contributed by atoms with E-state index in [9.17, 15) is 27.2 Å². The zero-order valence-electron chi connectivity index (χ0n) is 20.7. The quantitative estimate of drug-likeness (QED) is 0.354. The van der Waals surface area contributed by atoms with Crippen LogP contribution in [0.3, 0.4) is 0 Å². The van der Waals surface area contributed by atoms with Crippen LogP contribution in [-0.4, -0.2) is 52.4 Å². The molecule has 2 N–H and O–H groups in total. The first kappa shape index (κ1) is 26.2. The Labute approximate surface area is 220 Å². The number of nitrogens with zero attached hydrogens (tertiary/aromatic N) is 3. The van der Waals surface area contributed by atoms with Gasteiger partial charge in [-0.1, -0.05) is 0 Å². The van der Waals surface area contributed by atoms with E-state index >= 15 is 0 Å². The van der Waals surface area contributed by atoms with Crippen LogP contribution < -0.4 is 15.4 Å². The molecule has 2 aromatic carbocycles. The smallest absolute Gasteiger partial charge is 0.416 e. The number of fused-ring (bicyclic) bond motifs is 1. The lowest BCUT2D eigenvalue weighted by molar-refractivity contribution is -0.137. The molecule has 0 atom stereocenters. The monoisotopic (exact) mass is 541 g/mol. The summed E-state index contributed by atoms with van der Waals surface area (Å²) in [5, 5.41) is 6.51. The summed E-state index contributed by atoms with van der Waals surface area (Å²) in [5.41, 5.74) is -0.148. The highest BCUT2D eigenvalue weighted by Crippen LogP contribution is 2.31. The van der Waals surface area contributed by atoms with Gasteiger partial charge in [-0.2, -0.15) is 13.2 Å². The average Bonchev–Trinajstić information content (AvgIpc) is 3.25. The summed E-state index contributed by atoms with van der Waals surface area (Å²) in [6.07, 6.45) is -3.44. The van der Waals surface area contributed by atoms with Crippen molar-refractivity contribution in [2.45, 2.75) is 6.18 Å². The number of anilines is 1. The Morgan fingerprint density at radius 2 is 1.79 bits per heavy atom. The van der Waals surface area contributed by atoms with Gasteiger partial charge in [-0.05, 0) is 42.5 Å². The van der Waals surface area contributed by atoms with E-state index in [1.54, 1.807) is 12.1 Å². The van der Waals surface area contributed by atoms with Gasteiger partial charge in [0.25, 0.3) is 11.8 Å². The number of hydrogen-bond donors (Lipinski definition) is 2. The topological polar surface area (TPSA) is 88.5 Å². The minimum atomic E-state index is -4.72. The fraction of sp³-hybridized carbons (Fsp3) is 0.222. The van der Waals surface area contributed by atoms with Gasteiger partial charge in [0.05, 0.1) is 28.5 Å². The molecule has 12 heteroatoms. The molecule has 3 heterocycles. The molecule has 202 valence electrons. The van der Waals surface area contributed by atoms with Crippen LogP contribution in [0, 0.1) is 5.82 Å². The van der Waals surface area contributed by atoms with E-state index in [1.165, 1.54) is 18.3 Å². The summed E-state index contributed by atoms with van der Waals surface area (Å²) >= 11 is 0. The number of ether oxygens (including phenoxy) is 1. The molecule has 39 heavy (non-hydrogen) atoms. The van der Waals surface area contributed by atoms with Gasteiger partial charge in [0, 0.05) is 50.7 Å². The Morgan fingerprint density at radius 3 is 2.46 bits per heavy atom. The fourth-order valence-corrected chi connectivity index (χ4v) is 4.32. The van der Waals surface area contributed by atoms with E-state index < -0.39 is 29.0 Å². The molecule has 0 spiro atoms. The van der Waals surface area contributed by atoms with Crippen molar-refractivity contribution >= 4 is 28.4 Å². The number of amides is 2. The Hall–Kier alpha value is -4.45. The van der Waals surface area contributed by atoms with Crippen molar-refractivity contribution in [2.75, 3.05) is 31.5 Å². The van der Waals surface area contributed by atoms with E-state index in [1.807, 2.05) is 28.6 Å². The van der Waals surface area contributed by atoms with Crippen LogP contribution in [0.5, 0.6) is 11.6 Å². The second-order valence-corrected chi connectivity index (χ2v) is 8.99. The van der Waals surface area contributed by atoms with Crippen LogP contribution in [0.15, 0.2) is 60.8 Å². The summed E-state index contributed by atoms with van der Waals surface area (Å²) in [7, 11) is 1.82. The second kappa shape index (κ2) is 10.4. The van der Waals surface area contributed by atoms with Gasteiger partial charge in [-0.3, -0.25) is 9.59 Å². The Kier molecular flexibility index (Phi) is 6.96. The summed E-state index contributed by atoms with van der Waals surface area (Å²) in [5.74, 6) is -1.56. The number of piperazine rings is 1. The van der Waals surface area contributed by atoms with Gasteiger partial charge in [0.15, 0.2) is 0 Å². The first-order chi connectivity index (χ1) is 18.6. The molecular weight excluding hydrogens is 518 g/mol. The molecule has 5 rings (SSSR count). The second-order valence-electron chi connectivity index (χ2n) is 8.99. The normalized spacial score (nSPS) is 13.9. The lowest BCUT2D eigenvalue weighted by atomic mass is 10.1. The van der Waals surface area contributed by atoms with E-state index in [-0.39, 0.29) is 23.5 Å². The van der Waals surface area contributed by atoms with Crippen LogP contribution in [0.25, 0.3) is 10.9 Å². The molecule has 0 bridgehead atoms. The highest BCUT2D eigenvalue weighted by Gasteiger charge is 2.31. The number of aromatic nitrogens is 2. The van der Waals surface area contributed by atoms with Gasteiger partial charge in [-0.15, -0.1) is 0 Å². The van der Waals surface area contributed by atoms with Crippen molar-refractivity contribution in [1.82, 2.24) is 19.8 Å². The third-order valence-corrected chi connectivity index (χ3v) is 6.40.